The van der Waals surface area contributed by atoms with E-state index in [1.54, 1.807) is 19.1 Å². The molecule has 0 spiro atoms. The first-order valence-corrected chi connectivity index (χ1v) is 5.57. The molecule has 0 radical (unpaired) electrons. The van der Waals surface area contributed by atoms with Crippen LogP contribution in [0, 0.1) is 12.8 Å². The van der Waals surface area contributed by atoms with Crippen molar-refractivity contribution in [3.8, 4) is 0 Å². The zero-order valence-electron chi connectivity index (χ0n) is 15.6. The number of carbonyl (C=O) groups is 1. The van der Waals surface area contributed by atoms with Crippen LogP contribution in [0.4, 0.5) is 0 Å². The highest BCUT2D eigenvalue weighted by Crippen LogP contribution is 2.44. The Morgan fingerprint density at radius 2 is 2.47 bits per heavy atom. The first kappa shape index (κ1) is 5.85. The SMILES string of the molecule is [2H]c1c(C)ccc2c1C1=C(C2)C([2H])(C(N)=O)C([2H])([2H])C([2H])([2H])C1. The minimum atomic E-state index is -2.75. The molecule has 2 aliphatic carbocycles. The van der Waals surface area contributed by atoms with Crippen LogP contribution in [-0.4, -0.2) is 5.91 Å². The number of primary amides is 1. The van der Waals surface area contributed by atoms with E-state index < -0.39 is 24.5 Å². The van der Waals surface area contributed by atoms with Crippen molar-refractivity contribution in [2.24, 2.45) is 11.6 Å². The van der Waals surface area contributed by atoms with Gasteiger partial charge in [0.2, 0.25) is 5.91 Å². The fourth-order valence-corrected chi connectivity index (χ4v) is 2.43. The van der Waals surface area contributed by atoms with Gasteiger partial charge in [0.25, 0.3) is 0 Å². The summed E-state index contributed by atoms with van der Waals surface area (Å²) in [5, 5.41) is 0. The van der Waals surface area contributed by atoms with Crippen molar-refractivity contribution in [1.82, 2.24) is 0 Å². The Morgan fingerprint density at radius 1 is 1.65 bits per heavy atom. The smallest absolute Gasteiger partial charge is 0.224 e. The van der Waals surface area contributed by atoms with Gasteiger partial charge in [0.1, 0.15) is 0 Å². The van der Waals surface area contributed by atoms with Gasteiger partial charge in [-0.3, -0.25) is 4.79 Å². The molecule has 0 saturated carbocycles. The van der Waals surface area contributed by atoms with Crippen LogP contribution in [0.3, 0.4) is 0 Å². The van der Waals surface area contributed by atoms with E-state index in [0.29, 0.717) is 16.7 Å². The molecule has 2 N–H and O–H groups in total. The molecule has 2 aliphatic rings. The summed E-state index contributed by atoms with van der Waals surface area (Å²) in [4.78, 5) is 12.0. The summed E-state index contributed by atoms with van der Waals surface area (Å²) in [6.07, 6.45) is -5.30. The lowest BCUT2D eigenvalue weighted by atomic mass is 9.82. The van der Waals surface area contributed by atoms with Gasteiger partial charge in [-0.25, -0.2) is 0 Å². The van der Waals surface area contributed by atoms with Crippen molar-refractivity contribution >= 4 is 11.5 Å². The van der Waals surface area contributed by atoms with E-state index in [4.69, 9.17) is 14.0 Å². The van der Waals surface area contributed by atoms with Crippen molar-refractivity contribution in [2.45, 2.75) is 32.5 Å². The molecular weight excluding hydrogens is 210 g/mol. The molecule has 0 saturated heterocycles. The predicted molar refractivity (Wildman–Crippen MR) is 68.3 cm³/mol. The molecule has 1 amide bonds. The second-order valence-electron chi connectivity index (χ2n) is 4.39. The van der Waals surface area contributed by atoms with Gasteiger partial charge in [0.15, 0.2) is 0 Å². The first-order chi connectivity index (χ1) is 10.4. The summed E-state index contributed by atoms with van der Waals surface area (Å²) in [5.74, 6) is -3.68. The van der Waals surface area contributed by atoms with Crippen LogP contribution in [0.15, 0.2) is 23.7 Å². The van der Waals surface area contributed by atoms with E-state index in [-0.39, 0.29) is 24.5 Å². The standard InChI is InChI=1S/C15H17NO/c1-9-5-6-10-8-14-11(13(10)7-9)3-2-4-12(14)15(16)17/h5-7,12H,2-4,8H2,1H3,(H2,16,17)/i2D2,4D2,7D,12D. The van der Waals surface area contributed by atoms with E-state index in [2.05, 4.69) is 0 Å². The van der Waals surface area contributed by atoms with Gasteiger partial charge in [-0.1, -0.05) is 23.7 Å². The second-order valence-corrected chi connectivity index (χ2v) is 4.39. The monoisotopic (exact) mass is 233 g/mol. The highest BCUT2D eigenvalue weighted by Gasteiger charge is 2.32. The van der Waals surface area contributed by atoms with E-state index in [9.17, 15) is 4.79 Å². The molecule has 2 heteroatoms. The predicted octanol–water partition coefficient (Wildman–Crippen LogP) is 2.59. The molecule has 1 unspecified atom stereocenters. The third-order valence-electron chi connectivity index (χ3n) is 3.24. The van der Waals surface area contributed by atoms with E-state index in [1.165, 1.54) is 0 Å². The molecule has 2 nitrogen and oxygen atoms in total. The molecule has 17 heavy (non-hydrogen) atoms. The summed E-state index contributed by atoms with van der Waals surface area (Å²) >= 11 is 0. The number of hydrogen-bond acceptors (Lipinski definition) is 1. The number of amides is 1. The molecular formula is C15H17NO. The van der Waals surface area contributed by atoms with Gasteiger partial charge in [-0.05, 0) is 54.8 Å². The van der Waals surface area contributed by atoms with Crippen LogP contribution in [0.25, 0.3) is 5.57 Å². The summed E-state index contributed by atoms with van der Waals surface area (Å²) in [5.41, 5.74) is 7.88. The summed E-state index contributed by atoms with van der Waals surface area (Å²) in [6, 6.07) is 3.78. The minimum absolute atomic E-state index is 0.152. The Balaban J connectivity index is 2.34. The van der Waals surface area contributed by atoms with Gasteiger partial charge in [-0.15, -0.1) is 0 Å². The van der Waals surface area contributed by atoms with Crippen molar-refractivity contribution < 1.29 is 13.0 Å². The van der Waals surface area contributed by atoms with E-state index in [0.717, 1.165) is 5.56 Å². The van der Waals surface area contributed by atoms with Gasteiger partial charge >= 0.3 is 0 Å². The number of aryl methyl sites for hydroxylation is 1. The van der Waals surface area contributed by atoms with Crippen molar-refractivity contribution in [3.63, 3.8) is 0 Å². The average Bonchev–Trinajstić information content (AvgIpc) is 2.79. The zero-order valence-corrected chi connectivity index (χ0v) is 9.55. The molecule has 0 aliphatic heterocycles. The molecule has 88 valence electrons. The molecule has 1 aromatic rings. The topological polar surface area (TPSA) is 43.1 Å². The van der Waals surface area contributed by atoms with Crippen LogP contribution >= 0.6 is 0 Å². The van der Waals surface area contributed by atoms with E-state index in [1.807, 2.05) is 0 Å². The Hall–Kier alpha value is -1.57. The average molecular weight is 233 g/mol. The van der Waals surface area contributed by atoms with Gasteiger partial charge < -0.3 is 5.73 Å². The summed E-state index contributed by atoms with van der Waals surface area (Å²) in [7, 11) is 0. The van der Waals surface area contributed by atoms with Crippen LogP contribution < -0.4 is 5.73 Å². The van der Waals surface area contributed by atoms with Crippen LogP contribution in [-0.2, 0) is 11.2 Å². The Bertz CT molecular complexity index is 769. The van der Waals surface area contributed by atoms with Crippen LogP contribution in [0.5, 0.6) is 0 Å². The number of rotatable bonds is 1. The van der Waals surface area contributed by atoms with Crippen LogP contribution in [0.1, 0.15) is 44.1 Å². The zero-order chi connectivity index (χ0) is 17.4. The Labute approximate surface area is 110 Å². The Kier molecular flexibility index (Phi) is 1.28. The number of allylic oxidation sites excluding steroid dienone is 1. The number of benzene rings is 1. The number of nitrogens with two attached hydrogens (primary N) is 1. The first-order valence-electron chi connectivity index (χ1n) is 8.57. The maximum Gasteiger partial charge on any atom is 0.224 e. The lowest BCUT2D eigenvalue weighted by molar-refractivity contribution is -0.121. The van der Waals surface area contributed by atoms with Gasteiger partial charge in [0.05, 0.1) is 7.26 Å². The lowest BCUT2D eigenvalue weighted by Crippen LogP contribution is -2.27. The highest BCUT2D eigenvalue weighted by atomic mass is 16.1. The fraction of sp³-hybridized carbons (Fsp3) is 0.400. The summed E-state index contributed by atoms with van der Waals surface area (Å²) in [6.45, 7) is 1.76. The van der Waals surface area contributed by atoms with Crippen molar-refractivity contribution in [2.75, 3.05) is 0 Å². The molecule has 3 rings (SSSR count). The third kappa shape index (κ3) is 1.59. The molecule has 1 atom stereocenters. The van der Waals surface area contributed by atoms with Crippen molar-refractivity contribution in [3.05, 3.63) is 40.4 Å². The molecule has 1 aromatic carbocycles. The minimum Gasteiger partial charge on any atom is -0.369 e. The number of fused-ring (bicyclic) bond motifs is 2. The quantitative estimate of drug-likeness (QED) is 0.796. The maximum atomic E-state index is 12.0. The number of hydrogen-bond donors (Lipinski definition) is 1. The second kappa shape index (κ2) is 3.73. The summed E-state index contributed by atoms with van der Waals surface area (Å²) < 4.78 is 49.0. The molecule has 0 fully saturated rings. The molecule has 0 bridgehead atoms. The maximum absolute atomic E-state index is 12.0. The highest BCUT2D eigenvalue weighted by molar-refractivity contribution is 5.87. The largest absolute Gasteiger partial charge is 0.369 e. The fourth-order valence-electron chi connectivity index (χ4n) is 2.43. The van der Waals surface area contributed by atoms with Gasteiger partial charge in [0, 0.05) is 6.85 Å². The lowest BCUT2D eigenvalue weighted by Gasteiger charge is -2.22. The normalized spacial score (nSPS) is 37.7. The van der Waals surface area contributed by atoms with E-state index >= 15 is 0 Å². The number of carbonyl (C=O) groups excluding carboxylic acids is 1. The molecule has 0 heterocycles. The van der Waals surface area contributed by atoms with Gasteiger partial charge in [-0.2, -0.15) is 0 Å². The Morgan fingerprint density at radius 3 is 3.24 bits per heavy atom. The van der Waals surface area contributed by atoms with Crippen LogP contribution in [0.2, 0.25) is 0 Å². The molecule has 0 aromatic heterocycles. The van der Waals surface area contributed by atoms with Crippen molar-refractivity contribution in [1.29, 1.82) is 0 Å². The third-order valence-corrected chi connectivity index (χ3v) is 3.24.